The van der Waals surface area contributed by atoms with Gasteiger partial charge >= 0.3 is 0 Å². The second kappa shape index (κ2) is 4.96. The number of hydrogen-bond donors (Lipinski definition) is 0. The standard InChI is InChI=1S/C14H22N2/c1-11-6-7-14(15-9-11)12(2)13-5-4-8-16(3)10-13/h6-7,9,12-13H,4-5,8,10H2,1-3H3. The Hall–Kier alpha value is -0.890. The van der Waals surface area contributed by atoms with Gasteiger partial charge in [0.25, 0.3) is 0 Å². The summed E-state index contributed by atoms with van der Waals surface area (Å²) in [6, 6.07) is 4.36. The van der Waals surface area contributed by atoms with Crippen molar-refractivity contribution in [2.45, 2.75) is 32.6 Å². The molecule has 1 aromatic heterocycles. The number of likely N-dealkylation sites (tertiary alicyclic amines) is 1. The van der Waals surface area contributed by atoms with Gasteiger partial charge in [0.05, 0.1) is 0 Å². The van der Waals surface area contributed by atoms with Gasteiger partial charge in [0.1, 0.15) is 0 Å². The molecule has 0 saturated carbocycles. The molecule has 2 unspecified atom stereocenters. The van der Waals surface area contributed by atoms with Gasteiger partial charge in [-0.2, -0.15) is 0 Å². The van der Waals surface area contributed by atoms with E-state index in [2.05, 4.69) is 42.9 Å². The van der Waals surface area contributed by atoms with Crippen molar-refractivity contribution in [2.75, 3.05) is 20.1 Å². The van der Waals surface area contributed by atoms with Crippen molar-refractivity contribution in [3.63, 3.8) is 0 Å². The van der Waals surface area contributed by atoms with Gasteiger partial charge in [-0.05, 0) is 50.9 Å². The summed E-state index contributed by atoms with van der Waals surface area (Å²) in [4.78, 5) is 7.00. The van der Waals surface area contributed by atoms with Crippen molar-refractivity contribution >= 4 is 0 Å². The molecule has 2 atom stereocenters. The average Bonchev–Trinajstić information content (AvgIpc) is 2.29. The molecule has 2 heteroatoms. The molecule has 0 N–H and O–H groups in total. The molecule has 2 heterocycles. The smallest absolute Gasteiger partial charge is 0.0435 e. The van der Waals surface area contributed by atoms with Crippen molar-refractivity contribution in [2.24, 2.45) is 5.92 Å². The molecule has 0 spiro atoms. The normalized spacial score (nSPS) is 24.3. The van der Waals surface area contributed by atoms with Gasteiger partial charge in [-0.3, -0.25) is 4.98 Å². The predicted molar refractivity (Wildman–Crippen MR) is 67.6 cm³/mol. The fourth-order valence-electron chi connectivity index (χ4n) is 2.60. The predicted octanol–water partition coefficient (Wildman–Crippen LogP) is 2.84. The van der Waals surface area contributed by atoms with Gasteiger partial charge < -0.3 is 4.90 Å². The summed E-state index contributed by atoms with van der Waals surface area (Å²) in [7, 11) is 2.22. The monoisotopic (exact) mass is 218 g/mol. The first-order chi connectivity index (χ1) is 7.66. The molecule has 1 aliphatic heterocycles. The van der Waals surface area contributed by atoms with Gasteiger partial charge in [0, 0.05) is 24.4 Å². The Morgan fingerprint density at radius 3 is 2.88 bits per heavy atom. The Labute approximate surface area is 98.7 Å². The lowest BCUT2D eigenvalue weighted by Crippen LogP contribution is -2.34. The van der Waals surface area contributed by atoms with Crippen LogP contribution in [0.2, 0.25) is 0 Å². The highest BCUT2D eigenvalue weighted by Gasteiger charge is 2.24. The van der Waals surface area contributed by atoms with Gasteiger partial charge in [-0.15, -0.1) is 0 Å². The van der Waals surface area contributed by atoms with Crippen LogP contribution < -0.4 is 0 Å². The van der Waals surface area contributed by atoms with Crippen molar-refractivity contribution in [1.29, 1.82) is 0 Å². The van der Waals surface area contributed by atoms with E-state index in [1.54, 1.807) is 0 Å². The number of aromatic nitrogens is 1. The molecule has 1 aromatic rings. The van der Waals surface area contributed by atoms with Crippen LogP contribution in [0.3, 0.4) is 0 Å². The summed E-state index contributed by atoms with van der Waals surface area (Å²) < 4.78 is 0. The SMILES string of the molecule is Cc1ccc(C(C)C2CCCN(C)C2)nc1. The molecule has 0 aromatic carbocycles. The number of rotatable bonds is 2. The van der Waals surface area contributed by atoms with E-state index >= 15 is 0 Å². The summed E-state index contributed by atoms with van der Waals surface area (Å²) in [5.41, 5.74) is 2.50. The minimum Gasteiger partial charge on any atom is -0.306 e. The van der Waals surface area contributed by atoms with Crippen LogP contribution in [0.25, 0.3) is 0 Å². The topological polar surface area (TPSA) is 16.1 Å². The third kappa shape index (κ3) is 2.62. The zero-order valence-electron chi connectivity index (χ0n) is 10.6. The van der Waals surface area contributed by atoms with E-state index in [9.17, 15) is 0 Å². The number of nitrogens with zero attached hydrogens (tertiary/aromatic N) is 2. The maximum absolute atomic E-state index is 4.56. The third-order valence-electron chi connectivity index (χ3n) is 3.77. The van der Waals surface area contributed by atoms with Crippen LogP contribution >= 0.6 is 0 Å². The zero-order chi connectivity index (χ0) is 11.5. The fourth-order valence-corrected chi connectivity index (χ4v) is 2.60. The number of pyridine rings is 1. The van der Waals surface area contributed by atoms with Gasteiger partial charge in [-0.1, -0.05) is 13.0 Å². The maximum Gasteiger partial charge on any atom is 0.0435 e. The third-order valence-corrected chi connectivity index (χ3v) is 3.77. The Bertz CT molecular complexity index is 331. The Morgan fingerprint density at radius 1 is 1.44 bits per heavy atom. The molecular formula is C14H22N2. The van der Waals surface area contributed by atoms with Crippen LogP contribution in [0, 0.1) is 12.8 Å². The second-order valence-corrected chi connectivity index (χ2v) is 5.21. The van der Waals surface area contributed by atoms with E-state index < -0.39 is 0 Å². The molecule has 16 heavy (non-hydrogen) atoms. The highest BCUT2D eigenvalue weighted by molar-refractivity contribution is 5.16. The van der Waals surface area contributed by atoms with Crippen molar-refractivity contribution in [1.82, 2.24) is 9.88 Å². The van der Waals surface area contributed by atoms with Crippen LogP contribution in [0.4, 0.5) is 0 Å². The van der Waals surface area contributed by atoms with Gasteiger partial charge in [0.15, 0.2) is 0 Å². The van der Waals surface area contributed by atoms with E-state index in [0.717, 1.165) is 5.92 Å². The Morgan fingerprint density at radius 2 is 2.25 bits per heavy atom. The Kier molecular flexibility index (Phi) is 3.59. The molecule has 0 aliphatic carbocycles. The summed E-state index contributed by atoms with van der Waals surface area (Å²) in [5, 5.41) is 0. The Balaban J connectivity index is 2.06. The summed E-state index contributed by atoms with van der Waals surface area (Å²) in [5.74, 6) is 1.36. The molecular weight excluding hydrogens is 196 g/mol. The second-order valence-electron chi connectivity index (χ2n) is 5.21. The highest BCUT2D eigenvalue weighted by Crippen LogP contribution is 2.29. The minimum absolute atomic E-state index is 0.586. The number of piperidine rings is 1. The van der Waals surface area contributed by atoms with E-state index in [-0.39, 0.29) is 0 Å². The van der Waals surface area contributed by atoms with Crippen LogP contribution in [0.1, 0.15) is 36.9 Å². The molecule has 88 valence electrons. The molecule has 0 amide bonds. The zero-order valence-corrected chi connectivity index (χ0v) is 10.6. The quantitative estimate of drug-likeness (QED) is 0.759. The van der Waals surface area contributed by atoms with Crippen LogP contribution in [-0.2, 0) is 0 Å². The first-order valence-corrected chi connectivity index (χ1v) is 6.28. The van der Waals surface area contributed by atoms with Crippen LogP contribution in [0.15, 0.2) is 18.3 Å². The summed E-state index contributed by atoms with van der Waals surface area (Å²) >= 11 is 0. The lowest BCUT2D eigenvalue weighted by atomic mass is 9.84. The lowest BCUT2D eigenvalue weighted by Gasteiger charge is -2.33. The molecule has 1 fully saturated rings. The van der Waals surface area contributed by atoms with Crippen molar-refractivity contribution in [3.05, 3.63) is 29.6 Å². The fraction of sp³-hybridized carbons (Fsp3) is 0.643. The molecule has 2 nitrogen and oxygen atoms in total. The first kappa shape index (κ1) is 11.6. The molecule has 2 rings (SSSR count). The minimum atomic E-state index is 0.586. The largest absolute Gasteiger partial charge is 0.306 e. The molecule has 0 bridgehead atoms. The van der Waals surface area contributed by atoms with Gasteiger partial charge in [-0.25, -0.2) is 0 Å². The summed E-state index contributed by atoms with van der Waals surface area (Å²) in [6.45, 7) is 6.89. The maximum atomic E-state index is 4.56. The molecule has 1 saturated heterocycles. The average molecular weight is 218 g/mol. The van der Waals surface area contributed by atoms with E-state index in [1.807, 2.05) is 6.20 Å². The van der Waals surface area contributed by atoms with Crippen molar-refractivity contribution < 1.29 is 0 Å². The summed E-state index contributed by atoms with van der Waals surface area (Å²) in [6.07, 6.45) is 4.66. The van der Waals surface area contributed by atoms with Crippen molar-refractivity contribution in [3.8, 4) is 0 Å². The van der Waals surface area contributed by atoms with Gasteiger partial charge in [0.2, 0.25) is 0 Å². The molecule has 0 radical (unpaired) electrons. The first-order valence-electron chi connectivity index (χ1n) is 6.28. The van der Waals surface area contributed by atoms with E-state index in [4.69, 9.17) is 0 Å². The lowest BCUT2D eigenvalue weighted by molar-refractivity contribution is 0.190. The number of aryl methyl sites for hydroxylation is 1. The van der Waals surface area contributed by atoms with Crippen LogP contribution in [0.5, 0.6) is 0 Å². The molecule has 1 aliphatic rings. The van der Waals surface area contributed by atoms with E-state index in [0.29, 0.717) is 5.92 Å². The number of hydrogen-bond acceptors (Lipinski definition) is 2. The highest BCUT2D eigenvalue weighted by atomic mass is 15.1. The van der Waals surface area contributed by atoms with E-state index in [1.165, 1.54) is 37.2 Å². The van der Waals surface area contributed by atoms with Crippen LogP contribution in [-0.4, -0.2) is 30.0 Å².